The van der Waals surface area contributed by atoms with Crippen molar-refractivity contribution in [2.24, 2.45) is 0 Å². The molecule has 0 bridgehead atoms. The maximum atomic E-state index is 13.6. The summed E-state index contributed by atoms with van der Waals surface area (Å²) >= 11 is 0. The zero-order valence-electron chi connectivity index (χ0n) is 20.4. The van der Waals surface area contributed by atoms with Crippen LogP contribution in [0.5, 0.6) is 23.0 Å². The monoisotopic (exact) mass is 511 g/mol. The highest BCUT2D eigenvalue weighted by molar-refractivity contribution is 5.94. The molecule has 0 saturated heterocycles. The number of aromatic amines is 1. The summed E-state index contributed by atoms with van der Waals surface area (Å²) in [4.78, 5) is 42.2. The molecule has 0 amide bonds. The normalized spacial score (nSPS) is 14.8. The fourth-order valence-corrected chi connectivity index (χ4v) is 4.95. The zero-order valence-corrected chi connectivity index (χ0v) is 20.4. The lowest BCUT2D eigenvalue weighted by molar-refractivity contribution is -0.135. The number of H-pyrrole nitrogens is 1. The van der Waals surface area contributed by atoms with Crippen molar-refractivity contribution in [1.82, 2.24) is 4.98 Å². The van der Waals surface area contributed by atoms with Crippen LogP contribution < -0.4 is 25.2 Å². The van der Waals surface area contributed by atoms with Gasteiger partial charge in [-0.25, -0.2) is 0 Å². The zero-order chi connectivity index (χ0) is 26.6. The van der Waals surface area contributed by atoms with Crippen molar-refractivity contribution in [3.05, 3.63) is 92.6 Å². The Morgan fingerprint density at radius 2 is 1.68 bits per heavy atom. The molecule has 5 aromatic rings. The number of aromatic nitrogens is 1. The largest absolute Gasteiger partial charge is 0.507 e. The molecule has 2 aromatic heterocycles. The van der Waals surface area contributed by atoms with Crippen molar-refractivity contribution >= 4 is 27.8 Å². The van der Waals surface area contributed by atoms with Crippen LogP contribution >= 0.6 is 0 Å². The first-order chi connectivity index (χ1) is 18.4. The van der Waals surface area contributed by atoms with E-state index in [0.29, 0.717) is 33.7 Å². The molecule has 0 fully saturated rings. The molecule has 0 aliphatic carbocycles. The number of carbonyl (C=O) groups excluding carboxylic acids is 1. The number of rotatable bonds is 4. The van der Waals surface area contributed by atoms with E-state index in [1.807, 2.05) is 0 Å². The highest BCUT2D eigenvalue weighted by Crippen LogP contribution is 2.45. The van der Waals surface area contributed by atoms with Gasteiger partial charge in [-0.1, -0.05) is 12.1 Å². The SMILES string of the molecule is COc1ccc(-c2coc3c4c(cc(O)c3c2=O)OC(=O)C[C@H]4c2cc3ccc(OC)cc3[nH]c2=O)cc1. The van der Waals surface area contributed by atoms with E-state index in [0.717, 1.165) is 5.39 Å². The van der Waals surface area contributed by atoms with Crippen LogP contribution in [0.4, 0.5) is 0 Å². The van der Waals surface area contributed by atoms with Crippen molar-refractivity contribution in [1.29, 1.82) is 0 Å². The summed E-state index contributed by atoms with van der Waals surface area (Å²) in [5.41, 5.74) is 1.20. The van der Waals surface area contributed by atoms with Crippen LogP contribution in [0.15, 0.2) is 74.9 Å². The average Bonchev–Trinajstić information content (AvgIpc) is 2.91. The molecule has 0 spiro atoms. The minimum atomic E-state index is -0.778. The first-order valence-electron chi connectivity index (χ1n) is 11.8. The van der Waals surface area contributed by atoms with Crippen molar-refractivity contribution in [2.75, 3.05) is 14.2 Å². The molecule has 0 unspecified atom stereocenters. The third kappa shape index (κ3) is 3.67. The lowest BCUT2D eigenvalue weighted by Crippen LogP contribution is -2.26. The minimum absolute atomic E-state index is 0.0332. The second-order valence-corrected chi connectivity index (χ2v) is 8.96. The number of phenols is 1. The van der Waals surface area contributed by atoms with Crippen LogP contribution in [0, 0.1) is 0 Å². The van der Waals surface area contributed by atoms with E-state index >= 15 is 0 Å². The Kier molecular flexibility index (Phi) is 5.41. The highest BCUT2D eigenvalue weighted by atomic mass is 16.5. The first-order valence-corrected chi connectivity index (χ1v) is 11.8. The number of nitrogens with one attached hydrogen (secondary N) is 1. The van der Waals surface area contributed by atoms with E-state index in [9.17, 15) is 19.5 Å². The number of carbonyl (C=O) groups is 1. The average molecular weight is 511 g/mol. The summed E-state index contributed by atoms with van der Waals surface area (Å²) in [7, 11) is 3.08. The van der Waals surface area contributed by atoms with E-state index in [4.69, 9.17) is 18.6 Å². The maximum Gasteiger partial charge on any atom is 0.312 e. The number of methoxy groups -OCH3 is 2. The number of hydrogen-bond acceptors (Lipinski definition) is 8. The van der Waals surface area contributed by atoms with Gasteiger partial charge in [-0.3, -0.25) is 14.4 Å². The Morgan fingerprint density at radius 3 is 2.42 bits per heavy atom. The molecule has 1 atom stereocenters. The lowest BCUT2D eigenvalue weighted by atomic mass is 9.85. The predicted octanol–water partition coefficient (Wildman–Crippen LogP) is 4.47. The molecular formula is C29H21NO8. The first kappa shape index (κ1) is 23.4. The Hall–Kier alpha value is -5.05. The van der Waals surface area contributed by atoms with Gasteiger partial charge in [0.2, 0.25) is 5.43 Å². The number of aromatic hydroxyl groups is 1. The molecule has 1 aliphatic heterocycles. The maximum absolute atomic E-state index is 13.6. The van der Waals surface area contributed by atoms with Crippen molar-refractivity contribution < 1.29 is 28.5 Å². The molecule has 190 valence electrons. The molecule has 3 heterocycles. The van der Waals surface area contributed by atoms with Crippen LogP contribution in [0.25, 0.3) is 33.0 Å². The van der Waals surface area contributed by atoms with Crippen molar-refractivity contribution in [3.8, 4) is 34.1 Å². The van der Waals surface area contributed by atoms with Crippen LogP contribution in [0.1, 0.15) is 23.5 Å². The van der Waals surface area contributed by atoms with Gasteiger partial charge in [-0.2, -0.15) is 0 Å². The van der Waals surface area contributed by atoms with Gasteiger partial charge in [-0.05, 0) is 41.3 Å². The summed E-state index contributed by atoms with van der Waals surface area (Å²) in [6.07, 6.45) is 1.15. The fraction of sp³-hybridized carbons (Fsp3) is 0.138. The van der Waals surface area contributed by atoms with Crippen LogP contribution in [0.3, 0.4) is 0 Å². The number of fused-ring (bicyclic) bond motifs is 4. The molecule has 3 aromatic carbocycles. The van der Waals surface area contributed by atoms with E-state index in [-0.39, 0.29) is 28.7 Å². The third-order valence-corrected chi connectivity index (χ3v) is 6.83. The van der Waals surface area contributed by atoms with Crippen molar-refractivity contribution in [2.45, 2.75) is 12.3 Å². The van der Waals surface area contributed by atoms with Crippen LogP contribution in [-0.4, -0.2) is 30.3 Å². The fourth-order valence-electron chi connectivity index (χ4n) is 4.95. The summed E-state index contributed by atoms with van der Waals surface area (Å²) in [6.45, 7) is 0. The summed E-state index contributed by atoms with van der Waals surface area (Å²) in [5, 5.41) is 11.5. The van der Waals surface area contributed by atoms with Gasteiger partial charge in [0.15, 0.2) is 0 Å². The minimum Gasteiger partial charge on any atom is -0.507 e. The molecule has 9 heteroatoms. The smallest absolute Gasteiger partial charge is 0.312 e. The van der Waals surface area contributed by atoms with Gasteiger partial charge < -0.3 is 28.7 Å². The Morgan fingerprint density at radius 1 is 0.947 bits per heavy atom. The summed E-state index contributed by atoms with van der Waals surface area (Å²) in [6, 6.07) is 15.0. The molecule has 38 heavy (non-hydrogen) atoms. The standard InChI is InChI=1S/C29H21NO8/c1-35-16-6-3-14(4-7-16)20-13-37-28-25-18(11-24(32)38-23(25)12-22(31)26(28)27(20)33)19-9-15-5-8-17(36-2)10-21(15)30-29(19)34/h3-10,12-13,18,31H,11H2,1-2H3,(H,30,34)/t18-/m0/s1. The van der Waals surface area contributed by atoms with Gasteiger partial charge in [-0.15, -0.1) is 0 Å². The topological polar surface area (TPSA) is 128 Å². The van der Waals surface area contributed by atoms with Gasteiger partial charge in [0.1, 0.15) is 40.2 Å². The molecule has 9 nitrogen and oxygen atoms in total. The Bertz CT molecular complexity index is 1870. The number of hydrogen-bond donors (Lipinski definition) is 2. The molecule has 2 N–H and O–H groups in total. The summed E-state index contributed by atoms with van der Waals surface area (Å²) < 4.78 is 21.8. The second kappa shape index (κ2) is 8.81. The van der Waals surface area contributed by atoms with E-state index in [2.05, 4.69) is 4.98 Å². The van der Waals surface area contributed by atoms with E-state index in [1.165, 1.54) is 19.4 Å². The van der Waals surface area contributed by atoms with Crippen molar-refractivity contribution in [3.63, 3.8) is 0 Å². The Balaban J connectivity index is 1.57. The van der Waals surface area contributed by atoms with E-state index < -0.39 is 28.6 Å². The second-order valence-electron chi connectivity index (χ2n) is 8.96. The summed E-state index contributed by atoms with van der Waals surface area (Å²) in [5.74, 6) is -0.503. The highest BCUT2D eigenvalue weighted by Gasteiger charge is 2.35. The van der Waals surface area contributed by atoms with Crippen LogP contribution in [0.2, 0.25) is 0 Å². The van der Waals surface area contributed by atoms with Gasteiger partial charge >= 0.3 is 5.97 Å². The molecule has 1 aliphatic rings. The third-order valence-electron chi connectivity index (χ3n) is 6.83. The van der Waals surface area contributed by atoms with Gasteiger partial charge in [0, 0.05) is 29.2 Å². The Labute approximate surface area is 214 Å². The number of benzene rings is 3. The van der Waals surface area contributed by atoms with E-state index in [1.54, 1.807) is 55.6 Å². The number of ether oxygens (including phenoxy) is 3. The number of phenolic OH excluding ortho intramolecular Hbond substituents is 1. The quantitative estimate of drug-likeness (QED) is 0.267. The number of pyridine rings is 1. The van der Waals surface area contributed by atoms with Gasteiger partial charge in [0.25, 0.3) is 5.56 Å². The van der Waals surface area contributed by atoms with Gasteiger partial charge in [0.05, 0.1) is 31.7 Å². The number of esters is 1. The lowest BCUT2D eigenvalue weighted by Gasteiger charge is -2.25. The molecule has 6 rings (SSSR count). The predicted molar refractivity (Wildman–Crippen MR) is 139 cm³/mol. The van der Waals surface area contributed by atoms with Crippen LogP contribution in [-0.2, 0) is 4.79 Å². The molecule has 0 radical (unpaired) electrons. The molecule has 0 saturated carbocycles. The molecular weight excluding hydrogens is 490 g/mol.